The third kappa shape index (κ3) is 13.2. The van der Waals surface area contributed by atoms with Crippen LogP contribution in [0.5, 0.6) is 0 Å². The van der Waals surface area contributed by atoms with Gasteiger partial charge in [-0.25, -0.2) is 0 Å². The van der Waals surface area contributed by atoms with Crippen LogP contribution in [0.4, 0.5) is 4.79 Å². The highest BCUT2D eigenvalue weighted by Crippen LogP contribution is 2.10. The summed E-state index contributed by atoms with van der Waals surface area (Å²) < 4.78 is 4.50. The lowest BCUT2D eigenvalue weighted by molar-refractivity contribution is -0.287. The Hall–Kier alpha value is -0.770. The predicted octanol–water partition coefficient (Wildman–Crippen LogP) is 3.25. The Labute approximate surface area is 99.0 Å². The fourth-order valence-electron chi connectivity index (χ4n) is 1.61. The molecule has 0 aromatic rings. The molecule has 0 saturated heterocycles. The summed E-state index contributed by atoms with van der Waals surface area (Å²) in [5.74, 6) is 0. The smallest absolute Gasteiger partial charge is 0.252 e. The van der Waals surface area contributed by atoms with E-state index in [2.05, 4.69) is 11.7 Å². The molecule has 98 valence electrons. The van der Waals surface area contributed by atoms with Gasteiger partial charge in [-0.3, -0.25) is 0 Å². The van der Waals surface area contributed by atoms with Gasteiger partial charge in [-0.1, -0.05) is 51.9 Å². The average Bonchev–Trinajstić information content (AvgIpc) is 2.15. The zero-order valence-electron chi connectivity index (χ0n) is 11.0. The molecule has 0 rings (SSSR count). The first-order valence-corrected chi connectivity index (χ1v) is 6.04. The Morgan fingerprint density at radius 2 is 1.62 bits per heavy atom. The summed E-state index contributed by atoms with van der Waals surface area (Å²) in [7, 11) is 0. The van der Waals surface area contributed by atoms with Crippen molar-refractivity contribution in [2.75, 3.05) is 0 Å². The van der Waals surface area contributed by atoms with Gasteiger partial charge in [-0.05, 0) is 13.3 Å². The SMILES string of the molecule is CCCCCCCCCC(C)OC(=O)[O-].[NH4+]. The quantitative estimate of drug-likeness (QED) is 0.490. The molecule has 0 aliphatic carbocycles. The van der Waals surface area contributed by atoms with Crippen LogP contribution in [0.25, 0.3) is 0 Å². The van der Waals surface area contributed by atoms with Gasteiger partial charge in [0.15, 0.2) is 0 Å². The molecule has 0 aliphatic heterocycles. The summed E-state index contributed by atoms with van der Waals surface area (Å²) >= 11 is 0. The highest BCUT2D eigenvalue weighted by Gasteiger charge is 1.99. The van der Waals surface area contributed by atoms with Crippen LogP contribution in [-0.2, 0) is 4.74 Å². The monoisotopic (exact) mass is 233 g/mol. The van der Waals surface area contributed by atoms with Crippen molar-refractivity contribution < 1.29 is 14.6 Å². The molecule has 0 aromatic heterocycles. The summed E-state index contributed by atoms with van der Waals surface area (Å²) in [6, 6.07) is 0. The highest BCUT2D eigenvalue weighted by atomic mass is 16.7. The summed E-state index contributed by atoms with van der Waals surface area (Å²) in [6.07, 6.45) is 7.85. The Morgan fingerprint density at radius 1 is 1.12 bits per heavy atom. The van der Waals surface area contributed by atoms with E-state index in [0.717, 1.165) is 12.8 Å². The first-order chi connectivity index (χ1) is 7.16. The molecule has 1 unspecified atom stereocenters. The molecular weight excluding hydrogens is 206 g/mol. The van der Waals surface area contributed by atoms with Gasteiger partial charge in [0.1, 0.15) is 0 Å². The second-order valence-corrected chi connectivity index (χ2v) is 4.09. The number of quaternary nitrogens is 1. The standard InChI is InChI=1S/C12H24O3.H3N/c1-3-4-5-6-7-8-9-10-11(2)15-12(13)14;/h11H,3-10H2,1-2H3,(H,13,14);1H3. The van der Waals surface area contributed by atoms with Crippen molar-refractivity contribution in [1.82, 2.24) is 6.15 Å². The zero-order valence-corrected chi connectivity index (χ0v) is 11.0. The van der Waals surface area contributed by atoms with E-state index >= 15 is 0 Å². The molecule has 16 heavy (non-hydrogen) atoms. The summed E-state index contributed by atoms with van der Waals surface area (Å²) in [5.41, 5.74) is 0. The molecule has 1 atom stereocenters. The lowest BCUT2D eigenvalue weighted by atomic mass is 10.1. The van der Waals surface area contributed by atoms with Gasteiger partial charge in [0, 0.05) is 6.10 Å². The van der Waals surface area contributed by atoms with Crippen LogP contribution in [0.15, 0.2) is 0 Å². The van der Waals surface area contributed by atoms with E-state index in [1.165, 1.54) is 38.5 Å². The topological polar surface area (TPSA) is 85.9 Å². The first kappa shape index (κ1) is 17.6. The minimum absolute atomic E-state index is 0. The number of carbonyl (C=O) groups is 1. The molecule has 0 aliphatic rings. The molecule has 0 bridgehead atoms. The second kappa shape index (κ2) is 12.3. The Balaban J connectivity index is 0. The van der Waals surface area contributed by atoms with Crippen LogP contribution in [0.3, 0.4) is 0 Å². The number of hydrogen-bond acceptors (Lipinski definition) is 3. The minimum Gasteiger partial charge on any atom is -0.547 e. The first-order valence-electron chi connectivity index (χ1n) is 6.04. The van der Waals surface area contributed by atoms with Crippen molar-refractivity contribution >= 4 is 6.16 Å². The van der Waals surface area contributed by atoms with Crippen molar-refractivity contribution in [3.8, 4) is 0 Å². The van der Waals surface area contributed by atoms with E-state index in [-0.39, 0.29) is 12.3 Å². The molecule has 0 spiro atoms. The van der Waals surface area contributed by atoms with Crippen molar-refractivity contribution in [3.05, 3.63) is 0 Å². The molecule has 0 fully saturated rings. The normalized spacial score (nSPS) is 11.6. The maximum Gasteiger partial charge on any atom is 0.252 e. The second-order valence-electron chi connectivity index (χ2n) is 4.09. The predicted molar refractivity (Wildman–Crippen MR) is 64.5 cm³/mol. The van der Waals surface area contributed by atoms with Crippen LogP contribution >= 0.6 is 0 Å². The van der Waals surface area contributed by atoms with Gasteiger partial charge in [0.25, 0.3) is 6.16 Å². The molecular formula is C12H27NO3. The molecule has 0 radical (unpaired) electrons. The van der Waals surface area contributed by atoms with Gasteiger partial charge in [0.2, 0.25) is 0 Å². The Kier molecular flexibility index (Phi) is 13.5. The van der Waals surface area contributed by atoms with Crippen molar-refractivity contribution in [2.45, 2.75) is 71.3 Å². The van der Waals surface area contributed by atoms with E-state index in [0.29, 0.717) is 0 Å². The van der Waals surface area contributed by atoms with E-state index in [1.54, 1.807) is 6.92 Å². The lowest BCUT2D eigenvalue weighted by Gasteiger charge is -2.16. The summed E-state index contributed by atoms with van der Waals surface area (Å²) in [6.45, 7) is 3.98. The Morgan fingerprint density at radius 3 is 2.12 bits per heavy atom. The van der Waals surface area contributed by atoms with Gasteiger partial charge < -0.3 is 20.8 Å². The van der Waals surface area contributed by atoms with Crippen LogP contribution in [0.2, 0.25) is 0 Å². The molecule has 4 heteroatoms. The average molecular weight is 233 g/mol. The van der Waals surface area contributed by atoms with Crippen molar-refractivity contribution in [1.29, 1.82) is 0 Å². The van der Waals surface area contributed by atoms with Gasteiger partial charge in [0.05, 0.1) is 0 Å². The molecule has 0 aromatic carbocycles. The molecule has 0 heterocycles. The van der Waals surface area contributed by atoms with Gasteiger partial charge >= 0.3 is 0 Å². The number of hydrogen-bond donors (Lipinski definition) is 1. The maximum atomic E-state index is 10.1. The molecule has 0 amide bonds. The van der Waals surface area contributed by atoms with Crippen molar-refractivity contribution in [3.63, 3.8) is 0 Å². The molecule has 4 N–H and O–H groups in total. The van der Waals surface area contributed by atoms with Crippen LogP contribution in [0, 0.1) is 0 Å². The fourth-order valence-corrected chi connectivity index (χ4v) is 1.61. The van der Waals surface area contributed by atoms with Gasteiger partial charge in [-0.15, -0.1) is 0 Å². The van der Waals surface area contributed by atoms with E-state index < -0.39 is 6.16 Å². The Bertz CT molecular complexity index is 162. The third-order valence-corrected chi connectivity index (χ3v) is 2.51. The summed E-state index contributed by atoms with van der Waals surface area (Å²) in [4.78, 5) is 10.1. The zero-order chi connectivity index (χ0) is 11.5. The number of ether oxygens (including phenoxy) is 1. The summed E-state index contributed by atoms with van der Waals surface area (Å²) in [5, 5.41) is 10.1. The largest absolute Gasteiger partial charge is 0.547 e. The van der Waals surface area contributed by atoms with Gasteiger partial charge in [-0.2, -0.15) is 0 Å². The molecule has 4 nitrogen and oxygen atoms in total. The molecule has 0 saturated carbocycles. The fraction of sp³-hybridized carbons (Fsp3) is 0.917. The number of carbonyl (C=O) groups excluding carboxylic acids is 1. The third-order valence-electron chi connectivity index (χ3n) is 2.51. The van der Waals surface area contributed by atoms with Crippen LogP contribution < -0.4 is 11.3 Å². The maximum absolute atomic E-state index is 10.1. The van der Waals surface area contributed by atoms with E-state index in [1.807, 2.05) is 0 Å². The van der Waals surface area contributed by atoms with E-state index in [4.69, 9.17) is 0 Å². The van der Waals surface area contributed by atoms with Crippen LogP contribution in [-0.4, -0.2) is 12.3 Å². The highest BCUT2D eigenvalue weighted by molar-refractivity contribution is 5.54. The minimum atomic E-state index is -1.41. The van der Waals surface area contributed by atoms with E-state index in [9.17, 15) is 9.90 Å². The number of carboxylic acid groups (broad SMARTS) is 1. The van der Waals surface area contributed by atoms with Crippen LogP contribution in [0.1, 0.15) is 65.2 Å². The van der Waals surface area contributed by atoms with Crippen molar-refractivity contribution in [2.24, 2.45) is 0 Å². The lowest BCUT2D eigenvalue weighted by Crippen LogP contribution is -2.27. The number of unbranched alkanes of at least 4 members (excludes halogenated alkanes) is 6. The number of rotatable bonds is 9.